The maximum Gasteiger partial charge on any atom is 0.323 e. The van der Waals surface area contributed by atoms with Gasteiger partial charge in [0.15, 0.2) is 0 Å². The van der Waals surface area contributed by atoms with Crippen molar-refractivity contribution < 1.29 is 9.59 Å². The maximum absolute atomic E-state index is 13.2. The number of fused-ring (bicyclic) bond motifs is 3. The molecule has 0 radical (unpaired) electrons. The number of benzene rings is 3. The second-order valence-corrected chi connectivity index (χ2v) is 9.19. The number of aryl methyl sites for hydroxylation is 1. The molecule has 0 spiro atoms. The van der Waals surface area contributed by atoms with Gasteiger partial charge in [0.1, 0.15) is 0 Å². The van der Waals surface area contributed by atoms with Crippen molar-refractivity contribution in [3.8, 4) is 0 Å². The van der Waals surface area contributed by atoms with Gasteiger partial charge in [-0.25, -0.2) is 4.79 Å². The monoisotopic (exact) mass is 455 g/mol. The van der Waals surface area contributed by atoms with Gasteiger partial charge < -0.3 is 10.6 Å². The Hall–Kier alpha value is -3.51. The normalized spacial score (nSPS) is 12.8. The Morgan fingerprint density at radius 2 is 1.45 bits per heavy atom. The summed E-state index contributed by atoms with van der Waals surface area (Å²) in [6.07, 6.45) is 4.34. The Morgan fingerprint density at radius 3 is 2.24 bits per heavy atom. The topological polar surface area (TPSA) is 63.1 Å². The fraction of sp³-hybridized carbons (Fsp3) is 0.185. The van der Waals surface area contributed by atoms with Gasteiger partial charge in [-0.15, -0.1) is 11.8 Å². The smallest absolute Gasteiger partial charge is 0.308 e. The summed E-state index contributed by atoms with van der Waals surface area (Å²) < 4.78 is 1.95. The van der Waals surface area contributed by atoms with Crippen molar-refractivity contribution in [2.24, 2.45) is 0 Å². The Balaban J connectivity index is 1.23. The molecule has 1 heterocycles. The van der Waals surface area contributed by atoms with E-state index in [0.29, 0.717) is 11.4 Å². The first-order chi connectivity index (χ1) is 16.2. The third kappa shape index (κ3) is 4.66. The number of hydrogen-bond acceptors (Lipinski definition) is 3. The average Bonchev–Trinajstić information content (AvgIpc) is 3.19. The van der Waals surface area contributed by atoms with Crippen LogP contribution in [0, 0.1) is 0 Å². The lowest BCUT2D eigenvalue weighted by atomic mass is 9.96. The zero-order chi connectivity index (χ0) is 22.6. The largest absolute Gasteiger partial charge is 0.323 e. The van der Waals surface area contributed by atoms with Crippen LogP contribution in [0.5, 0.6) is 0 Å². The number of hydrogen-bond donors (Lipinski definition) is 2. The minimum absolute atomic E-state index is 0.115. The summed E-state index contributed by atoms with van der Waals surface area (Å²) in [6.45, 7) is 0. The zero-order valence-corrected chi connectivity index (χ0v) is 19.0. The van der Waals surface area contributed by atoms with Gasteiger partial charge in [-0.1, -0.05) is 36.4 Å². The number of urea groups is 1. The summed E-state index contributed by atoms with van der Waals surface area (Å²) in [6, 6.07) is 24.8. The van der Waals surface area contributed by atoms with Crippen LogP contribution in [0.3, 0.4) is 0 Å². The number of nitrogens with zero attached hydrogens (tertiary/aromatic N) is 1. The van der Waals surface area contributed by atoms with Crippen molar-refractivity contribution in [3.05, 3.63) is 90.1 Å². The third-order valence-corrected chi connectivity index (χ3v) is 6.93. The van der Waals surface area contributed by atoms with Crippen molar-refractivity contribution in [2.75, 3.05) is 16.4 Å². The van der Waals surface area contributed by atoms with Gasteiger partial charge in [-0.05, 0) is 73.7 Å². The fourth-order valence-corrected chi connectivity index (χ4v) is 5.19. The number of thioether (sulfide) groups is 1. The minimum atomic E-state index is -0.291. The Labute approximate surface area is 197 Å². The molecule has 2 N–H and O–H groups in total. The lowest BCUT2D eigenvalue weighted by molar-refractivity contribution is 0.0943. The number of amides is 2. The second-order valence-electron chi connectivity index (χ2n) is 8.14. The molecule has 0 bridgehead atoms. The van der Waals surface area contributed by atoms with E-state index >= 15 is 0 Å². The molecule has 5 rings (SSSR count). The number of carbonyl (C=O) groups is 2. The second kappa shape index (κ2) is 9.55. The molecule has 0 aliphatic heterocycles. The van der Waals surface area contributed by atoms with E-state index in [1.54, 1.807) is 0 Å². The van der Waals surface area contributed by atoms with Gasteiger partial charge in [0, 0.05) is 27.4 Å². The maximum atomic E-state index is 13.2. The van der Waals surface area contributed by atoms with E-state index in [1.807, 2.05) is 65.2 Å². The fourth-order valence-electron chi connectivity index (χ4n) is 4.44. The summed E-state index contributed by atoms with van der Waals surface area (Å²) in [7, 11) is 0. The molecule has 0 saturated heterocycles. The van der Waals surface area contributed by atoms with E-state index in [-0.39, 0.29) is 11.9 Å². The SMILES string of the molecule is O=C(Nc1ccccc1)Nc1ccc(SCC(=O)n2c3c(c4ccccc42)CCCC3)cc1. The van der Waals surface area contributed by atoms with Crippen LogP contribution in [-0.4, -0.2) is 22.3 Å². The van der Waals surface area contributed by atoms with Crippen LogP contribution in [0.4, 0.5) is 16.2 Å². The van der Waals surface area contributed by atoms with Crippen LogP contribution in [0.2, 0.25) is 0 Å². The minimum Gasteiger partial charge on any atom is -0.308 e. The predicted octanol–water partition coefficient (Wildman–Crippen LogP) is 6.60. The zero-order valence-electron chi connectivity index (χ0n) is 18.2. The number of anilines is 2. The first kappa shape index (κ1) is 21.3. The van der Waals surface area contributed by atoms with Crippen LogP contribution in [0.25, 0.3) is 10.9 Å². The summed E-state index contributed by atoms with van der Waals surface area (Å²) in [5.74, 6) is 0.482. The highest BCUT2D eigenvalue weighted by Crippen LogP contribution is 2.32. The number of rotatable bonds is 5. The summed E-state index contributed by atoms with van der Waals surface area (Å²) in [4.78, 5) is 26.4. The van der Waals surface area contributed by atoms with Crippen molar-refractivity contribution in [2.45, 2.75) is 30.6 Å². The molecular weight excluding hydrogens is 430 g/mol. The van der Waals surface area contributed by atoms with Gasteiger partial charge in [0.05, 0.1) is 11.3 Å². The van der Waals surface area contributed by atoms with Crippen molar-refractivity contribution in [3.63, 3.8) is 0 Å². The van der Waals surface area contributed by atoms with Gasteiger partial charge in [-0.3, -0.25) is 9.36 Å². The molecule has 1 aliphatic carbocycles. The molecule has 33 heavy (non-hydrogen) atoms. The van der Waals surface area contributed by atoms with E-state index in [0.717, 1.165) is 35.4 Å². The lowest BCUT2D eigenvalue weighted by Crippen LogP contribution is -2.19. The van der Waals surface area contributed by atoms with Gasteiger partial charge in [0.2, 0.25) is 5.91 Å². The van der Waals surface area contributed by atoms with Crippen LogP contribution in [-0.2, 0) is 12.8 Å². The lowest BCUT2D eigenvalue weighted by Gasteiger charge is -2.15. The Kier molecular flexibility index (Phi) is 6.17. The van der Waals surface area contributed by atoms with Crippen molar-refractivity contribution in [1.29, 1.82) is 0 Å². The molecule has 0 saturated carbocycles. The summed E-state index contributed by atoms with van der Waals surface area (Å²) >= 11 is 1.52. The third-order valence-electron chi connectivity index (χ3n) is 5.93. The van der Waals surface area contributed by atoms with E-state index in [2.05, 4.69) is 28.8 Å². The molecule has 2 amide bonds. The molecule has 6 heteroatoms. The highest BCUT2D eigenvalue weighted by molar-refractivity contribution is 8.00. The molecule has 0 unspecified atom stereocenters. The highest BCUT2D eigenvalue weighted by Gasteiger charge is 2.23. The van der Waals surface area contributed by atoms with Crippen molar-refractivity contribution >= 4 is 46.0 Å². The van der Waals surface area contributed by atoms with E-state index in [1.165, 1.54) is 34.8 Å². The average molecular weight is 456 g/mol. The van der Waals surface area contributed by atoms with E-state index < -0.39 is 0 Å². The predicted molar refractivity (Wildman–Crippen MR) is 135 cm³/mol. The molecule has 1 aromatic heterocycles. The number of carbonyl (C=O) groups excluding carboxylic acids is 2. The number of para-hydroxylation sites is 2. The van der Waals surface area contributed by atoms with E-state index in [9.17, 15) is 9.59 Å². The van der Waals surface area contributed by atoms with Crippen LogP contribution in [0.15, 0.2) is 83.8 Å². The first-order valence-electron chi connectivity index (χ1n) is 11.2. The standard InChI is InChI=1S/C27H25N3O2S/c31-26(30-24-12-6-4-10-22(24)23-11-5-7-13-25(23)30)18-33-21-16-14-20(15-17-21)29-27(32)28-19-8-2-1-3-9-19/h1-4,6,8-10,12,14-17H,5,7,11,13,18H2,(H2,28,29,32). The molecular formula is C27H25N3O2S. The van der Waals surface area contributed by atoms with Crippen molar-refractivity contribution in [1.82, 2.24) is 4.57 Å². The van der Waals surface area contributed by atoms with Crippen LogP contribution in [0.1, 0.15) is 28.9 Å². The van der Waals surface area contributed by atoms with Crippen LogP contribution < -0.4 is 10.6 Å². The number of aromatic nitrogens is 1. The molecule has 0 atom stereocenters. The van der Waals surface area contributed by atoms with Gasteiger partial charge in [-0.2, -0.15) is 0 Å². The molecule has 1 aliphatic rings. The molecule has 166 valence electrons. The Morgan fingerprint density at radius 1 is 0.788 bits per heavy atom. The quantitative estimate of drug-likeness (QED) is 0.333. The Bertz CT molecular complexity index is 1300. The summed E-state index contributed by atoms with van der Waals surface area (Å²) in [5.41, 5.74) is 5.00. The van der Waals surface area contributed by atoms with E-state index in [4.69, 9.17) is 0 Å². The first-order valence-corrected chi connectivity index (χ1v) is 12.2. The van der Waals surface area contributed by atoms with Gasteiger partial charge in [0.25, 0.3) is 0 Å². The number of nitrogens with one attached hydrogen (secondary N) is 2. The molecule has 5 nitrogen and oxygen atoms in total. The highest BCUT2D eigenvalue weighted by atomic mass is 32.2. The molecule has 3 aromatic carbocycles. The summed E-state index contributed by atoms with van der Waals surface area (Å²) in [5, 5.41) is 6.84. The molecule has 0 fully saturated rings. The molecule has 4 aromatic rings. The van der Waals surface area contributed by atoms with Gasteiger partial charge >= 0.3 is 6.03 Å². The van der Waals surface area contributed by atoms with Crippen LogP contribution >= 0.6 is 11.8 Å².